The van der Waals surface area contributed by atoms with Crippen LogP contribution in [0.2, 0.25) is 5.02 Å². The van der Waals surface area contributed by atoms with Crippen molar-refractivity contribution in [3.8, 4) is 0 Å². The third kappa shape index (κ3) is 2.87. The second-order valence-corrected chi connectivity index (χ2v) is 4.94. The first-order valence-corrected chi connectivity index (χ1v) is 6.93. The van der Waals surface area contributed by atoms with E-state index in [4.69, 9.17) is 11.6 Å². The van der Waals surface area contributed by atoms with Crippen molar-refractivity contribution < 1.29 is 0 Å². The molecule has 0 bridgehead atoms. The molecule has 0 saturated carbocycles. The third-order valence-electron chi connectivity index (χ3n) is 3.20. The van der Waals surface area contributed by atoms with Gasteiger partial charge >= 0.3 is 0 Å². The van der Waals surface area contributed by atoms with Crippen LogP contribution in [0.1, 0.15) is 5.56 Å². The second kappa shape index (κ2) is 5.93. The maximum atomic E-state index is 11.4. The van der Waals surface area contributed by atoms with Gasteiger partial charge in [-0.3, -0.25) is 9.78 Å². The molecule has 0 aliphatic carbocycles. The Bertz CT molecular complexity index is 826. The van der Waals surface area contributed by atoms with Crippen LogP contribution in [-0.4, -0.2) is 21.5 Å². The average molecular weight is 301 g/mol. The molecule has 0 aliphatic rings. The highest BCUT2D eigenvalue weighted by Crippen LogP contribution is 2.17. The van der Waals surface area contributed by atoms with Crippen molar-refractivity contribution in [3.63, 3.8) is 0 Å². The molecule has 6 heteroatoms. The Morgan fingerprint density at radius 2 is 2.05 bits per heavy atom. The Kier molecular flexibility index (Phi) is 3.83. The van der Waals surface area contributed by atoms with Crippen molar-refractivity contribution >= 4 is 28.3 Å². The highest BCUT2D eigenvalue weighted by atomic mass is 35.5. The number of benzene rings is 1. The summed E-state index contributed by atoms with van der Waals surface area (Å²) in [5, 5.41) is 4.27. The zero-order valence-electron chi connectivity index (χ0n) is 11.1. The fourth-order valence-corrected chi connectivity index (χ4v) is 2.36. The third-order valence-corrected chi connectivity index (χ3v) is 3.55. The second-order valence-electron chi connectivity index (χ2n) is 4.56. The molecule has 0 aliphatic heterocycles. The molecular weight excluding hydrogens is 288 g/mol. The molecule has 2 aromatic heterocycles. The molecule has 2 heterocycles. The van der Waals surface area contributed by atoms with Gasteiger partial charge in [-0.2, -0.15) is 0 Å². The molecule has 0 radical (unpaired) electrons. The van der Waals surface area contributed by atoms with E-state index in [0.717, 1.165) is 22.9 Å². The Labute approximate surface area is 126 Å². The summed E-state index contributed by atoms with van der Waals surface area (Å²) >= 11 is 5.89. The van der Waals surface area contributed by atoms with E-state index in [1.165, 1.54) is 6.33 Å². The molecule has 5 nitrogen and oxygen atoms in total. The molecule has 0 atom stereocenters. The van der Waals surface area contributed by atoms with E-state index < -0.39 is 0 Å². The molecule has 21 heavy (non-hydrogen) atoms. The van der Waals surface area contributed by atoms with E-state index in [0.29, 0.717) is 12.4 Å². The zero-order chi connectivity index (χ0) is 14.7. The largest absolute Gasteiger partial charge is 0.368 e. The number of rotatable bonds is 4. The number of anilines is 1. The fraction of sp³-hybridized carbons (Fsp3) is 0.133. The zero-order valence-corrected chi connectivity index (χ0v) is 11.9. The number of para-hydroxylation sites is 1. The summed E-state index contributed by atoms with van der Waals surface area (Å²) in [5.74, 6) is 0.397. The van der Waals surface area contributed by atoms with Crippen molar-refractivity contribution in [2.45, 2.75) is 6.42 Å². The van der Waals surface area contributed by atoms with Gasteiger partial charge in [0.1, 0.15) is 5.02 Å². The molecular formula is C15H13ClN4O. The number of aromatic amines is 1. The molecule has 0 saturated heterocycles. The minimum atomic E-state index is -0.346. The van der Waals surface area contributed by atoms with Crippen LogP contribution in [0.25, 0.3) is 10.9 Å². The number of aromatic nitrogens is 3. The highest BCUT2D eigenvalue weighted by Gasteiger charge is 2.06. The van der Waals surface area contributed by atoms with Crippen LogP contribution in [-0.2, 0) is 6.42 Å². The van der Waals surface area contributed by atoms with Gasteiger partial charge in [0, 0.05) is 18.1 Å². The molecule has 0 unspecified atom stereocenters. The van der Waals surface area contributed by atoms with Gasteiger partial charge in [-0.05, 0) is 18.1 Å². The van der Waals surface area contributed by atoms with E-state index in [1.54, 1.807) is 6.20 Å². The number of H-pyrrole nitrogens is 1. The monoisotopic (exact) mass is 300 g/mol. The first-order chi connectivity index (χ1) is 10.3. The van der Waals surface area contributed by atoms with Crippen LogP contribution in [0.15, 0.2) is 47.7 Å². The molecule has 1 aromatic carbocycles. The molecule has 0 spiro atoms. The van der Waals surface area contributed by atoms with Crippen LogP contribution in [0, 0.1) is 0 Å². The molecule has 0 amide bonds. The van der Waals surface area contributed by atoms with Crippen LogP contribution >= 0.6 is 11.6 Å². The Morgan fingerprint density at radius 3 is 2.95 bits per heavy atom. The number of hydrogen-bond donors (Lipinski definition) is 2. The molecule has 106 valence electrons. The van der Waals surface area contributed by atoms with E-state index in [9.17, 15) is 4.79 Å². The number of fused-ring (bicyclic) bond motifs is 1. The topological polar surface area (TPSA) is 70.7 Å². The van der Waals surface area contributed by atoms with Crippen LogP contribution < -0.4 is 10.9 Å². The lowest BCUT2D eigenvalue weighted by atomic mass is 10.1. The lowest BCUT2D eigenvalue weighted by Gasteiger charge is -2.08. The Morgan fingerprint density at radius 1 is 1.19 bits per heavy atom. The molecule has 3 aromatic rings. The maximum Gasteiger partial charge on any atom is 0.271 e. The van der Waals surface area contributed by atoms with Crippen molar-refractivity contribution in [1.29, 1.82) is 0 Å². The number of halogens is 1. The van der Waals surface area contributed by atoms with Gasteiger partial charge in [-0.1, -0.05) is 35.9 Å². The summed E-state index contributed by atoms with van der Waals surface area (Å²) < 4.78 is 0. The lowest BCUT2D eigenvalue weighted by molar-refractivity contribution is 0.998. The van der Waals surface area contributed by atoms with Gasteiger partial charge in [0.15, 0.2) is 5.82 Å². The standard InChI is InChI=1S/C15H13ClN4O/c16-12-14(19-9-20-15(12)21)18-8-6-11-4-1-3-10-5-2-7-17-13(10)11/h1-5,7,9H,6,8H2,(H2,18,19,20,21). The summed E-state index contributed by atoms with van der Waals surface area (Å²) in [4.78, 5) is 22.2. The minimum Gasteiger partial charge on any atom is -0.368 e. The fourth-order valence-electron chi connectivity index (χ4n) is 2.19. The summed E-state index contributed by atoms with van der Waals surface area (Å²) in [6.07, 6.45) is 3.88. The smallest absolute Gasteiger partial charge is 0.271 e. The Hall–Kier alpha value is -2.40. The predicted molar refractivity (Wildman–Crippen MR) is 83.8 cm³/mol. The number of nitrogens with one attached hydrogen (secondary N) is 2. The van der Waals surface area contributed by atoms with Gasteiger partial charge < -0.3 is 10.3 Å². The highest BCUT2D eigenvalue weighted by molar-refractivity contribution is 6.32. The summed E-state index contributed by atoms with van der Waals surface area (Å²) in [5.41, 5.74) is 1.79. The van der Waals surface area contributed by atoms with Crippen molar-refractivity contribution in [2.24, 2.45) is 0 Å². The minimum absolute atomic E-state index is 0.0774. The molecule has 0 fully saturated rings. The van der Waals surface area contributed by atoms with E-state index in [2.05, 4.69) is 20.3 Å². The Balaban J connectivity index is 1.75. The van der Waals surface area contributed by atoms with Crippen LogP contribution in [0.5, 0.6) is 0 Å². The van der Waals surface area contributed by atoms with Gasteiger partial charge in [0.05, 0.1) is 11.8 Å². The number of nitrogens with zero attached hydrogens (tertiary/aromatic N) is 2. The van der Waals surface area contributed by atoms with Crippen molar-refractivity contribution in [3.05, 3.63) is 63.8 Å². The van der Waals surface area contributed by atoms with Gasteiger partial charge in [-0.15, -0.1) is 0 Å². The maximum absolute atomic E-state index is 11.4. The van der Waals surface area contributed by atoms with Gasteiger partial charge in [0.2, 0.25) is 0 Å². The van der Waals surface area contributed by atoms with E-state index >= 15 is 0 Å². The van der Waals surface area contributed by atoms with E-state index in [1.807, 2.05) is 30.3 Å². The van der Waals surface area contributed by atoms with Crippen molar-refractivity contribution in [1.82, 2.24) is 15.0 Å². The quantitative estimate of drug-likeness (QED) is 0.777. The predicted octanol–water partition coefficient (Wildman–Crippen LogP) is 2.63. The van der Waals surface area contributed by atoms with Crippen LogP contribution in [0.3, 0.4) is 0 Å². The lowest BCUT2D eigenvalue weighted by Crippen LogP contribution is -2.13. The number of hydrogen-bond acceptors (Lipinski definition) is 4. The average Bonchev–Trinajstić information content (AvgIpc) is 2.52. The van der Waals surface area contributed by atoms with Crippen LogP contribution in [0.4, 0.5) is 5.82 Å². The summed E-state index contributed by atoms with van der Waals surface area (Å²) in [6, 6.07) is 10.1. The summed E-state index contributed by atoms with van der Waals surface area (Å²) in [7, 11) is 0. The molecule has 3 rings (SSSR count). The SMILES string of the molecule is O=c1[nH]cnc(NCCc2cccc3cccnc23)c1Cl. The normalized spacial score (nSPS) is 10.7. The molecule has 2 N–H and O–H groups in total. The number of pyridine rings is 1. The van der Waals surface area contributed by atoms with Gasteiger partial charge in [0.25, 0.3) is 5.56 Å². The summed E-state index contributed by atoms with van der Waals surface area (Å²) in [6.45, 7) is 0.617. The van der Waals surface area contributed by atoms with Crippen molar-refractivity contribution in [2.75, 3.05) is 11.9 Å². The first-order valence-electron chi connectivity index (χ1n) is 6.55. The van der Waals surface area contributed by atoms with E-state index in [-0.39, 0.29) is 10.6 Å². The first kappa shape index (κ1) is 13.6. The van der Waals surface area contributed by atoms with Gasteiger partial charge in [-0.25, -0.2) is 4.98 Å².